The fourth-order valence-electron chi connectivity index (χ4n) is 2.52. The Morgan fingerprint density at radius 1 is 1.17 bits per heavy atom. The van der Waals surface area contributed by atoms with Crippen LogP contribution in [0.1, 0.15) is 29.6 Å². The van der Waals surface area contributed by atoms with E-state index in [0.29, 0.717) is 38.2 Å². The highest BCUT2D eigenvalue weighted by atomic mass is 35.5. The summed E-state index contributed by atoms with van der Waals surface area (Å²) in [6.07, 6.45) is 1.55. The molecule has 0 aromatic heterocycles. The number of nitrogens with zero attached hydrogens (tertiary/aromatic N) is 1. The number of phenolic OH excluding ortho intramolecular Hbond substituents is 3. The summed E-state index contributed by atoms with van der Waals surface area (Å²) in [6, 6.07) is 2.08. The number of benzene rings is 1. The molecule has 8 heteroatoms. The van der Waals surface area contributed by atoms with Crippen molar-refractivity contribution in [3.05, 3.63) is 17.7 Å². The SMILES string of the molecule is O=C(NC1CCN(C(=O)CCCl)CC1)c1cc(O)c(O)c(O)c1. The lowest BCUT2D eigenvalue weighted by Gasteiger charge is -2.32. The molecule has 1 aliphatic rings. The molecule has 1 aromatic carbocycles. The number of amides is 2. The molecule has 2 amide bonds. The van der Waals surface area contributed by atoms with Gasteiger partial charge in [-0.25, -0.2) is 0 Å². The summed E-state index contributed by atoms with van der Waals surface area (Å²) in [6.45, 7) is 1.10. The van der Waals surface area contributed by atoms with E-state index in [1.807, 2.05) is 0 Å². The molecule has 2 rings (SSSR count). The Hall–Kier alpha value is -2.15. The van der Waals surface area contributed by atoms with Crippen molar-refractivity contribution in [2.45, 2.75) is 25.3 Å². The number of carbonyl (C=O) groups excluding carboxylic acids is 2. The minimum absolute atomic E-state index is 0.0122. The molecule has 0 saturated carbocycles. The third-order valence-electron chi connectivity index (χ3n) is 3.82. The van der Waals surface area contributed by atoms with Crippen molar-refractivity contribution in [1.29, 1.82) is 0 Å². The number of hydrogen-bond acceptors (Lipinski definition) is 5. The van der Waals surface area contributed by atoms with E-state index in [2.05, 4.69) is 5.32 Å². The fourth-order valence-corrected chi connectivity index (χ4v) is 2.68. The molecular formula is C15H19ClN2O5. The maximum Gasteiger partial charge on any atom is 0.251 e. The van der Waals surface area contributed by atoms with E-state index in [1.165, 1.54) is 0 Å². The highest BCUT2D eigenvalue weighted by Gasteiger charge is 2.24. The van der Waals surface area contributed by atoms with Gasteiger partial charge >= 0.3 is 0 Å². The number of nitrogens with one attached hydrogen (secondary N) is 1. The predicted octanol–water partition coefficient (Wildman–Crippen LogP) is 1.15. The first-order valence-corrected chi connectivity index (χ1v) is 7.85. The Morgan fingerprint density at radius 3 is 2.26 bits per heavy atom. The summed E-state index contributed by atoms with van der Waals surface area (Å²) in [4.78, 5) is 25.6. The van der Waals surface area contributed by atoms with E-state index in [0.717, 1.165) is 12.1 Å². The number of phenols is 3. The van der Waals surface area contributed by atoms with Gasteiger partial charge in [-0.1, -0.05) is 0 Å². The summed E-state index contributed by atoms with van der Waals surface area (Å²) in [5, 5.41) is 30.9. The standard InChI is InChI=1S/C15H19ClN2O5/c16-4-1-13(21)18-5-2-10(3-6-18)17-15(23)9-7-11(19)14(22)12(20)8-9/h7-8,10,19-20,22H,1-6H2,(H,17,23). The summed E-state index contributed by atoms with van der Waals surface area (Å²) < 4.78 is 0. The van der Waals surface area contributed by atoms with Gasteiger partial charge in [0.05, 0.1) is 0 Å². The van der Waals surface area contributed by atoms with Crippen molar-refractivity contribution < 1.29 is 24.9 Å². The largest absolute Gasteiger partial charge is 0.504 e. The van der Waals surface area contributed by atoms with Crippen molar-refractivity contribution in [2.24, 2.45) is 0 Å². The molecule has 1 saturated heterocycles. The van der Waals surface area contributed by atoms with Crippen LogP contribution in [0.3, 0.4) is 0 Å². The third-order valence-corrected chi connectivity index (χ3v) is 4.01. The highest BCUT2D eigenvalue weighted by Crippen LogP contribution is 2.35. The normalized spacial score (nSPS) is 15.4. The Labute approximate surface area is 138 Å². The van der Waals surface area contributed by atoms with E-state index in [9.17, 15) is 24.9 Å². The van der Waals surface area contributed by atoms with Gasteiger partial charge in [0.1, 0.15) is 0 Å². The van der Waals surface area contributed by atoms with Crippen molar-refractivity contribution in [3.63, 3.8) is 0 Å². The zero-order valence-corrected chi connectivity index (χ0v) is 13.2. The predicted molar refractivity (Wildman–Crippen MR) is 83.8 cm³/mol. The van der Waals surface area contributed by atoms with Gasteiger partial charge in [-0.3, -0.25) is 9.59 Å². The average molecular weight is 343 g/mol. The average Bonchev–Trinajstić information content (AvgIpc) is 2.53. The first-order valence-electron chi connectivity index (χ1n) is 7.32. The van der Waals surface area contributed by atoms with Gasteiger partial charge in [0.25, 0.3) is 5.91 Å². The molecule has 1 heterocycles. The zero-order chi connectivity index (χ0) is 17.0. The topological polar surface area (TPSA) is 110 Å². The number of hydrogen-bond donors (Lipinski definition) is 4. The van der Waals surface area contributed by atoms with Gasteiger partial charge in [-0.2, -0.15) is 0 Å². The van der Waals surface area contributed by atoms with E-state index in [-0.39, 0.29) is 17.5 Å². The first-order chi connectivity index (χ1) is 10.9. The van der Waals surface area contributed by atoms with Crippen molar-refractivity contribution >= 4 is 23.4 Å². The van der Waals surface area contributed by atoms with Crippen LogP contribution in [0.5, 0.6) is 17.2 Å². The minimum atomic E-state index is -0.660. The van der Waals surface area contributed by atoms with E-state index in [4.69, 9.17) is 11.6 Å². The molecular weight excluding hydrogens is 324 g/mol. The van der Waals surface area contributed by atoms with Crippen LogP contribution >= 0.6 is 11.6 Å². The second-order valence-corrected chi connectivity index (χ2v) is 5.81. The molecule has 23 heavy (non-hydrogen) atoms. The molecule has 4 N–H and O–H groups in total. The number of piperidine rings is 1. The monoisotopic (exact) mass is 342 g/mol. The Kier molecular flexibility index (Phi) is 5.54. The van der Waals surface area contributed by atoms with Crippen LogP contribution in [0.4, 0.5) is 0 Å². The number of likely N-dealkylation sites (tertiary alicyclic amines) is 1. The Bertz CT molecular complexity index is 577. The Balaban J connectivity index is 1.91. The van der Waals surface area contributed by atoms with Crippen LogP contribution in [0.2, 0.25) is 0 Å². The van der Waals surface area contributed by atoms with Gasteiger partial charge in [-0.15, -0.1) is 11.6 Å². The maximum atomic E-state index is 12.1. The van der Waals surface area contributed by atoms with Crippen LogP contribution < -0.4 is 5.32 Å². The van der Waals surface area contributed by atoms with Crippen LogP contribution in [-0.4, -0.2) is 57.0 Å². The Morgan fingerprint density at radius 2 is 1.74 bits per heavy atom. The van der Waals surface area contributed by atoms with Crippen LogP contribution in [0.25, 0.3) is 0 Å². The van der Waals surface area contributed by atoms with Crippen LogP contribution in [0, 0.1) is 0 Å². The van der Waals surface area contributed by atoms with E-state index in [1.54, 1.807) is 4.90 Å². The molecule has 1 aliphatic heterocycles. The number of alkyl halides is 1. The van der Waals surface area contributed by atoms with Gasteiger partial charge in [0.15, 0.2) is 17.2 Å². The lowest BCUT2D eigenvalue weighted by atomic mass is 10.0. The fraction of sp³-hybridized carbons (Fsp3) is 0.467. The molecule has 1 fully saturated rings. The molecule has 0 spiro atoms. The molecule has 7 nitrogen and oxygen atoms in total. The van der Waals surface area contributed by atoms with Gasteiger partial charge in [0, 0.05) is 37.0 Å². The number of aromatic hydroxyl groups is 3. The smallest absolute Gasteiger partial charge is 0.251 e. The summed E-state index contributed by atoms with van der Waals surface area (Å²) in [5.41, 5.74) is 0.0541. The van der Waals surface area contributed by atoms with Crippen LogP contribution in [-0.2, 0) is 4.79 Å². The van der Waals surface area contributed by atoms with Crippen LogP contribution in [0.15, 0.2) is 12.1 Å². The van der Waals surface area contributed by atoms with Crippen molar-refractivity contribution in [2.75, 3.05) is 19.0 Å². The maximum absolute atomic E-state index is 12.1. The molecule has 126 valence electrons. The van der Waals surface area contributed by atoms with Crippen molar-refractivity contribution in [3.8, 4) is 17.2 Å². The number of carbonyl (C=O) groups is 2. The lowest BCUT2D eigenvalue weighted by Crippen LogP contribution is -2.46. The van der Waals surface area contributed by atoms with Crippen molar-refractivity contribution in [1.82, 2.24) is 10.2 Å². The quantitative estimate of drug-likeness (QED) is 0.484. The highest BCUT2D eigenvalue weighted by molar-refractivity contribution is 6.18. The molecule has 0 bridgehead atoms. The van der Waals surface area contributed by atoms with Gasteiger partial charge < -0.3 is 25.5 Å². The number of halogens is 1. The molecule has 0 radical (unpaired) electrons. The van der Waals surface area contributed by atoms with Gasteiger partial charge in [0.2, 0.25) is 5.91 Å². The molecule has 1 aromatic rings. The molecule has 0 atom stereocenters. The zero-order valence-electron chi connectivity index (χ0n) is 12.5. The van der Waals surface area contributed by atoms with Gasteiger partial charge in [-0.05, 0) is 25.0 Å². The lowest BCUT2D eigenvalue weighted by molar-refractivity contribution is -0.131. The van der Waals surface area contributed by atoms with E-state index < -0.39 is 23.2 Å². The molecule has 0 aliphatic carbocycles. The second kappa shape index (κ2) is 7.41. The first kappa shape index (κ1) is 17.2. The molecule has 0 unspecified atom stereocenters. The second-order valence-electron chi connectivity index (χ2n) is 5.43. The van der Waals surface area contributed by atoms with E-state index >= 15 is 0 Å². The summed E-state index contributed by atoms with van der Waals surface area (Å²) in [7, 11) is 0. The summed E-state index contributed by atoms with van der Waals surface area (Å²) >= 11 is 5.55. The summed E-state index contributed by atoms with van der Waals surface area (Å²) in [5.74, 6) is -1.93. The minimum Gasteiger partial charge on any atom is -0.504 e. The third kappa shape index (κ3) is 4.19. The number of rotatable bonds is 4.